The van der Waals surface area contributed by atoms with Crippen molar-refractivity contribution >= 4 is 46.0 Å². The standard InChI is InChI=1S/C13H15ClN4OS/c14-9-4-5-10-13(17-20-16-10)12(9)15-8-11(19)18-6-2-1-3-7-18/h4-5,15H,1-3,6-8H2. The van der Waals surface area contributed by atoms with Crippen LogP contribution in [0, 0.1) is 0 Å². The molecular formula is C13H15ClN4OS. The number of nitrogens with one attached hydrogen (secondary N) is 1. The summed E-state index contributed by atoms with van der Waals surface area (Å²) in [6.07, 6.45) is 3.41. The van der Waals surface area contributed by atoms with E-state index in [0.717, 1.165) is 48.7 Å². The number of halogens is 1. The molecule has 106 valence electrons. The van der Waals surface area contributed by atoms with E-state index in [0.29, 0.717) is 10.7 Å². The number of aromatic nitrogens is 2. The third-order valence-electron chi connectivity index (χ3n) is 3.50. The highest BCUT2D eigenvalue weighted by atomic mass is 35.5. The van der Waals surface area contributed by atoms with Crippen molar-refractivity contribution in [3.8, 4) is 0 Å². The first-order valence-corrected chi connectivity index (χ1v) is 7.79. The van der Waals surface area contributed by atoms with Crippen LogP contribution in [-0.2, 0) is 4.79 Å². The van der Waals surface area contributed by atoms with E-state index in [1.165, 1.54) is 6.42 Å². The maximum absolute atomic E-state index is 12.1. The lowest BCUT2D eigenvalue weighted by Crippen LogP contribution is -2.39. The van der Waals surface area contributed by atoms with Gasteiger partial charge in [-0.1, -0.05) is 11.6 Å². The zero-order valence-corrected chi connectivity index (χ0v) is 12.5. The van der Waals surface area contributed by atoms with Crippen LogP contribution in [0.1, 0.15) is 19.3 Å². The molecule has 0 spiro atoms. The number of hydrogen-bond donors (Lipinski definition) is 1. The van der Waals surface area contributed by atoms with Gasteiger partial charge in [0.1, 0.15) is 11.0 Å². The monoisotopic (exact) mass is 310 g/mol. The SMILES string of the molecule is O=C(CNc1c(Cl)ccc2nsnc12)N1CCCCC1. The lowest BCUT2D eigenvalue weighted by Gasteiger charge is -2.27. The summed E-state index contributed by atoms with van der Waals surface area (Å²) >= 11 is 7.32. The van der Waals surface area contributed by atoms with Gasteiger partial charge in [0.05, 0.1) is 29.0 Å². The van der Waals surface area contributed by atoms with E-state index in [2.05, 4.69) is 14.1 Å². The number of carbonyl (C=O) groups is 1. The van der Waals surface area contributed by atoms with Crippen LogP contribution in [0.2, 0.25) is 5.02 Å². The Labute approximate surface area is 126 Å². The summed E-state index contributed by atoms with van der Waals surface area (Å²) in [6, 6.07) is 3.61. The van der Waals surface area contributed by atoms with Gasteiger partial charge in [-0.05, 0) is 31.4 Å². The van der Waals surface area contributed by atoms with Crippen LogP contribution in [0.25, 0.3) is 11.0 Å². The minimum atomic E-state index is 0.112. The first-order valence-electron chi connectivity index (χ1n) is 6.68. The van der Waals surface area contributed by atoms with Gasteiger partial charge < -0.3 is 10.2 Å². The molecule has 2 aromatic rings. The molecule has 0 bridgehead atoms. The van der Waals surface area contributed by atoms with Gasteiger partial charge in [-0.2, -0.15) is 8.75 Å². The molecule has 0 atom stereocenters. The Hall–Kier alpha value is -1.40. The van der Waals surface area contributed by atoms with Crippen molar-refractivity contribution in [3.05, 3.63) is 17.2 Å². The zero-order valence-electron chi connectivity index (χ0n) is 10.9. The molecule has 5 nitrogen and oxygen atoms in total. The highest BCUT2D eigenvalue weighted by molar-refractivity contribution is 7.00. The van der Waals surface area contributed by atoms with Crippen LogP contribution in [0.5, 0.6) is 0 Å². The first-order chi connectivity index (χ1) is 9.75. The third kappa shape index (κ3) is 2.71. The average molecular weight is 311 g/mol. The number of piperidine rings is 1. The Morgan fingerprint density at radius 2 is 2.10 bits per heavy atom. The molecule has 1 saturated heterocycles. The van der Waals surface area contributed by atoms with Crippen LogP contribution in [0.4, 0.5) is 5.69 Å². The predicted molar refractivity (Wildman–Crippen MR) is 81.3 cm³/mol. The van der Waals surface area contributed by atoms with E-state index in [4.69, 9.17) is 11.6 Å². The Balaban J connectivity index is 1.71. The van der Waals surface area contributed by atoms with Crippen molar-refractivity contribution in [2.24, 2.45) is 0 Å². The second kappa shape index (κ2) is 5.93. The molecule has 7 heteroatoms. The molecule has 1 N–H and O–H groups in total. The zero-order chi connectivity index (χ0) is 13.9. The molecule has 1 fully saturated rings. The number of rotatable bonds is 3. The van der Waals surface area contributed by atoms with Crippen LogP contribution >= 0.6 is 23.3 Å². The Kier molecular flexibility index (Phi) is 4.03. The quantitative estimate of drug-likeness (QED) is 0.947. The molecule has 1 aliphatic heterocycles. The van der Waals surface area contributed by atoms with Crippen LogP contribution in [0.15, 0.2) is 12.1 Å². The molecule has 20 heavy (non-hydrogen) atoms. The summed E-state index contributed by atoms with van der Waals surface area (Å²) in [6.45, 7) is 1.96. The van der Waals surface area contributed by atoms with E-state index in [1.54, 1.807) is 6.07 Å². The number of nitrogens with zero attached hydrogens (tertiary/aromatic N) is 3. The lowest BCUT2D eigenvalue weighted by molar-refractivity contribution is -0.130. The molecule has 0 aliphatic carbocycles. The maximum Gasteiger partial charge on any atom is 0.241 e. The van der Waals surface area contributed by atoms with E-state index < -0.39 is 0 Å². The van der Waals surface area contributed by atoms with Gasteiger partial charge in [0.2, 0.25) is 5.91 Å². The average Bonchev–Trinajstić information content (AvgIpc) is 2.95. The second-order valence-corrected chi connectivity index (χ2v) is 5.78. The molecule has 0 radical (unpaired) electrons. The van der Waals surface area contributed by atoms with Gasteiger partial charge >= 0.3 is 0 Å². The topological polar surface area (TPSA) is 58.1 Å². The number of carbonyl (C=O) groups excluding carboxylic acids is 1. The maximum atomic E-state index is 12.1. The molecule has 1 aromatic heterocycles. The van der Waals surface area contributed by atoms with Gasteiger partial charge in [-0.3, -0.25) is 4.79 Å². The lowest BCUT2D eigenvalue weighted by atomic mass is 10.1. The van der Waals surface area contributed by atoms with Crippen molar-refractivity contribution in [1.82, 2.24) is 13.6 Å². The summed E-state index contributed by atoms with van der Waals surface area (Å²) in [5.74, 6) is 0.112. The molecule has 2 heterocycles. The van der Waals surface area contributed by atoms with Gasteiger partial charge in [0.25, 0.3) is 0 Å². The summed E-state index contributed by atoms with van der Waals surface area (Å²) in [7, 11) is 0. The Morgan fingerprint density at radius 3 is 2.90 bits per heavy atom. The fourth-order valence-electron chi connectivity index (χ4n) is 2.41. The molecular weight excluding hydrogens is 296 g/mol. The van der Waals surface area contributed by atoms with Crippen LogP contribution in [-0.4, -0.2) is 39.2 Å². The van der Waals surface area contributed by atoms with Crippen molar-refractivity contribution in [2.75, 3.05) is 25.0 Å². The summed E-state index contributed by atoms with van der Waals surface area (Å²) in [5, 5.41) is 3.69. The van der Waals surface area contributed by atoms with Gasteiger partial charge in [-0.25, -0.2) is 0 Å². The molecule has 3 rings (SSSR count). The van der Waals surface area contributed by atoms with Crippen molar-refractivity contribution in [1.29, 1.82) is 0 Å². The van der Waals surface area contributed by atoms with Gasteiger partial charge in [-0.15, -0.1) is 0 Å². The summed E-state index contributed by atoms with van der Waals surface area (Å²) in [5.41, 5.74) is 2.23. The van der Waals surface area contributed by atoms with E-state index in [-0.39, 0.29) is 12.5 Å². The highest BCUT2D eigenvalue weighted by Gasteiger charge is 2.17. The minimum absolute atomic E-state index is 0.112. The summed E-state index contributed by atoms with van der Waals surface area (Å²) in [4.78, 5) is 14.1. The minimum Gasteiger partial charge on any atom is -0.373 e. The van der Waals surface area contributed by atoms with E-state index in [1.807, 2.05) is 11.0 Å². The molecule has 1 aliphatic rings. The van der Waals surface area contributed by atoms with Crippen molar-refractivity contribution in [2.45, 2.75) is 19.3 Å². The number of likely N-dealkylation sites (tertiary alicyclic amines) is 1. The molecule has 0 saturated carbocycles. The Morgan fingerprint density at radius 1 is 1.30 bits per heavy atom. The number of benzene rings is 1. The number of anilines is 1. The third-order valence-corrected chi connectivity index (χ3v) is 4.36. The normalized spacial score (nSPS) is 15.6. The smallest absolute Gasteiger partial charge is 0.241 e. The first kappa shape index (κ1) is 13.6. The van der Waals surface area contributed by atoms with E-state index in [9.17, 15) is 4.79 Å². The van der Waals surface area contributed by atoms with Crippen molar-refractivity contribution in [3.63, 3.8) is 0 Å². The second-order valence-electron chi connectivity index (χ2n) is 4.85. The highest BCUT2D eigenvalue weighted by Crippen LogP contribution is 2.29. The fourth-order valence-corrected chi connectivity index (χ4v) is 3.18. The van der Waals surface area contributed by atoms with E-state index >= 15 is 0 Å². The number of hydrogen-bond acceptors (Lipinski definition) is 5. The number of amides is 1. The predicted octanol–water partition coefficient (Wildman–Crippen LogP) is 2.77. The Bertz CT molecular complexity index is 624. The molecule has 1 aromatic carbocycles. The number of fused-ring (bicyclic) bond motifs is 1. The van der Waals surface area contributed by atoms with Crippen LogP contribution < -0.4 is 5.32 Å². The molecule has 1 amide bonds. The van der Waals surface area contributed by atoms with Crippen molar-refractivity contribution < 1.29 is 4.79 Å². The summed E-state index contributed by atoms with van der Waals surface area (Å²) < 4.78 is 8.40. The van der Waals surface area contributed by atoms with Gasteiger partial charge in [0.15, 0.2) is 0 Å². The largest absolute Gasteiger partial charge is 0.373 e. The fraction of sp³-hybridized carbons (Fsp3) is 0.462. The van der Waals surface area contributed by atoms with Crippen LogP contribution in [0.3, 0.4) is 0 Å². The molecule has 0 unspecified atom stereocenters. The van der Waals surface area contributed by atoms with Gasteiger partial charge in [0, 0.05) is 13.1 Å².